The molecule has 0 aliphatic carbocycles. The van der Waals surface area contributed by atoms with Gasteiger partial charge in [-0.2, -0.15) is 4.98 Å². The number of halogens is 2. The van der Waals surface area contributed by atoms with Crippen LogP contribution in [0.3, 0.4) is 0 Å². The lowest BCUT2D eigenvalue weighted by Gasteiger charge is -2.40. The monoisotopic (exact) mass is 500 g/mol. The Morgan fingerprint density at radius 1 is 1.15 bits per heavy atom. The van der Waals surface area contributed by atoms with Gasteiger partial charge in [-0.25, -0.2) is 0 Å². The number of carbonyl (C=O) groups is 2. The quantitative estimate of drug-likeness (QED) is 0.509. The first kappa shape index (κ1) is 25.5. The summed E-state index contributed by atoms with van der Waals surface area (Å²) in [6.07, 6.45) is 0.345. The number of nitrogens with one attached hydrogen (secondary N) is 2. The van der Waals surface area contributed by atoms with E-state index in [2.05, 4.69) is 15.6 Å². The molecule has 0 spiro atoms. The number of likely N-dealkylation sites (N-methyl/N-ethyl adjacent to an activating group) is 1. The number of hydrogen-bond acceptors (Lipinski definition) is 5. The van der Waals surface area contributed by atoms with E-state index in [1.54, 1.807) is 56.1 Å². The van der Waals surface area contributed by atoms with E-state index in [0.717, 1.165) is 5.56 Å². The molecule has 9 heteroatoms. The van der Waals surface area contributed by atoms with E-state index in [-0.39, 0.29) is 30.1 Å². The third-order valence-corrected chi connectivity index (χ3v) is 5.82. The van der Waals surface area contributed by atoms with Gasteiger partial charge in [0, 0.05) is 11.4 Å². The molecule has 7 nitrogen and oxygen atoms in total. The molecule has 0 saturated carbocycles. The van der Waals surface area contributed by atoms with Gasteiger partial charge in [-0.15, -0.1) is 12.4 Å². The molecule has 2 amide bonds. The molecular formula is C25H26Cl2N4O3. The second-order valence-corrected chi connectivity index (χ2v) is 8.57. The van der Waals surface area contributed by atoms with Crippen molar-refractivity contribution in [2.75, 3.05) is 17.3 Å². The van der Waals surface area contributed by atoms with Crippen LogP contribution in [0, 0.1) is 0 Å². The van der Waals surface area contributed by atoms with Crippen LogP contribution >= 0.6 is 24.0 Å². The Morgan fingerprint density at radius 2 is 1.88 bits per heavy atom. The van der Waals surface area contributed by atoms with Crippen molar-refractivity contribution in [1.29, 1.82) is 0 Å². The van der Waals surface area contributed by atoms with E-state index in [4.69, 9.17) is 16.3 Å². The summed E-state index contributed by atoms with van der Waals surface area (Å²) < 4.78 is 6.22. The second kappa shape index (κ2) is 10.4. The van der Waals surface area contributed by atoms with Crippen LogP contribution in [0.15, 0.2) is 66.7 Å². The summed E-state index contributed by atoms with van der Waals surface area (Å²) in [6, 6.07) is 19.7. The number of nitrogens with zero attached hydrogens (tertiary/aromatic N) is 2. The molecule has 0 saturated heterocycles. The molecule has 2 atom stereocenters. The minimum Gasteiger partial charge on any atom is -0.459 e. The number of pyridine rings is 1. The molecule has 2 N–H and O–H groups in total. The molecule has 4 rings (SSSR count). The van der Waals surface area contributed by atoms with Gasteiger partial charge >= 0.3 is 0 Å². The van der Waals surface area contributed by atoms with E-state index in [1.807, 2.05) is 36.4 Å². The molecular weight excluding hydrogens is 475 g/mol. The summed E-state index contributed by atoms with van der Waals surface area (Å²) in [7, 11) is 1.71. The summed E-state index contributed by atoms with van der Waals surface area (Å²) >= 11 is 6.23. The van der Waals surface area contributed by atoms with Gasteiger partial charge in [0.15, 0.2) is 5.60 Å². The number of amides is 2. The highest BCUT2D eigenvalue weighted by Crippen LogP contribution is 2.43. The lowest BCUT2D eigenvalue weighted by Crippen LogP contribution is -2.54. The maximum atomic E-state index is 13.8. The fourth-order valence-electron chi connectivity index (χ4n) is 3.69. The normalized spacial score (nSPS) is 17.8. The van der Waals surface area contributed by atoms with Gasteiger partial charge in [0.1, 0.15) is 11.5 Å². The average Bonchev–Trinajstić information content (AvgIpc) is 2.80. The lowest BCUT2D eigenvalue weighted by atomic mass is 9.92. The molecule has 1 aliphatic heterocycles. The zero-order valence-corrected chi connectivity index (χ0v) is 20.6. The Labute approximate surface area is 209 Å². The smallest absolute Gasteiger partial charge is 0.276 e. The third kappa shape index (κ3) is 5.17. The van der Waals surface area contributed by atoms with Crippen molar-refractivity contribution >= 4 is 53.0 Å². The average molecular weight is 501 g/mol. The van der Waals surface area contributed by atoms with E-state index in [0.29, 0.717) is 28.6 Å². The van der Waals surface area contributed by atoms with Crippen molar-refractivity contribution in [1.82, 2.24) is 10.3 Å². The topological polar surface area (TPSA) is 83.6 Å². The van der Waals surface area contributed by atoms with Crippen LogP contribution in [-0.4, -0.2) is 35.5 Å². The van der Waals surface area contributed by atoms with Gasteiger partial charge < -0.3 is 15.4 Å². The predicted octanol–water partition coefficient (Wildman–Crippen LogP) is 4.76. The Balaban J connectivity index is 0.00000324. The number of carbonyl (C=O) groups excluding carboxylic acids is 2. The summed E-state index contributed by atoms with van der Waals surface area (Å²) in [6.45, 7) is 3.50. The minimum absolute atomic E-state index is 0. The first-order valence-electron chi connectivity index (χ1n) is 10.6. The Morgan fingerprint density at radius 3 is 2.56 bits per heavy atom. The molecule has 1 aromatic heterocycles. The summed E-state index contributed by atoms with van der Waals surface area (Å²) in [5.74, 6) is 0.130. The maximum absolute atomic E-state index is 13.8. The molecule has 1 aliphatic rings. The fourth-order valence-corrected chi connectivity index (χ4v) is 3.87. The number of ether oxygens (including phenoxy) is 1. The highest BCUT2D eigenvalue weighted by molar-refractivity contribution is 6.31. The fraction of sp³-hybridized carbons (Fsp3) is 0.240. The molecule has 1 unspecified atom stereocenters. The number of benzene rings is 2. The standard InChI is InChI=1S/C25H25ClN4O3.ClH/c1-16(27-3)22(31)28-21-13-12-20-23(29-21)33-25(2,15-17-8-5-4-6-9-17)24(32)30(20)19-11-7-10-18(26)14-19;/h4-14,16,27H,15H2,1-3H3,(H,28,29,31);1H/t16?,25-;/m0./s1. The van der Waals surface area contributed by atoms with E-state index >= 15 is 0 Å². The lowest BCUT2D eigenvalue weighted by molar-refractivity contribution is -0.133. The SMILES string of the molecule is CNC(C)C(=O)Nc1ccc2c(n1)O[C@@](C)(Cc1ccccc1)C(=O)N2c1cccc(Cl)c1.Cl. The number of hydrogen-bond donors (Lipinski definition) is 2. The van der Waals surface area contributed by atoms with Crippen molar-refractivity contribution in [2.24, 2.45) is 0 Å². The van der Waals surface area contributed by atoms with Crippen molar-refractivity contribution in [2.45, 2.75) is 31.9 Å². The molecule has 178 valence electrons. The first-order chi connectivity index (χ1) is 15.8. The first-order valence-corrected chi connectivity index (χ1v) is 11.0. The van der Waals surface area contributed by atoms with E-state index in [9.17, 15) is 9.59 Å². The Kier molecular flexibility index (Phi) is 7.82. The third-order valence-electron chi connectivity index (χ3n) is 5.59. The largest absolute Gasteiger partial charge is 0.459 e. The van der Waals surface area contributed by atoms with Crippen LogP contribution in [-0.2, 0) is 16.0 Å². The van der Waals surface area contributed by atoms with Gasteiger partial charge in [-0.3, -0.25) is 14.5 Å². The summed E-state index contributed by atoms with van der Waals surface area (Å²) in [5, 5.41) is 6.18. The predicted molar refractivity (Wildman–Crippen MR) is 136 cm³/mol. The molecule has 0 radical (unpaired) electrons. The molecule has 2 aromatic carbocycles. The zero-order valence-electron chi connectivity index (χ0n) is 19.0. The van der Waals surface area contributed by atoms with Gasteiger partial charge in [0.05, 0.1) is 11.7 Å². The van der Waals surface area contributed by atoms with Gasteiger partial charge in [0.25, 0.3) is 5.91 Å². The summed E-state index contributed by atoms with van der Waals surface area (Å²) in [4.78, 5) is 32.2. The number of rotatable bonds is 6. The van der Waals surface area contributed by atoms with Gasteiger partial charge in [-0.1, -0.05) is 48.0 Å². The molecule has 0 fully saturated rings. The van der Waals surface area contributed by atoms with Crippen LogP contribution in [0.25, 0.3) is 0 Å². The molecule has 0 bridgehead atoms. The molecule has 2 heterocycles. The van der Waals surface area contributed by atoms with E-state index in [1.165, 1.54) is 0 Å². The molecule has 34 heavy (non-hydrogen) atoms. The number of fused-ring (bicyclic) bond motifs is 1. The van der Waals surface area contributed by atoms with E-state index < -0.39 is 11.6 Å². The van der Waals surface area contributed by atoms with Gasteiger partial charge in [0.2, 0.25) is 11.8 Å². The summed E-state index contributed by atoms with van der Waals surface area (Å²) in [5.41, 5.74) is 0.825. The van der Waals surface area contributed by atoms with Gasteiger partial charge in [-0.05, 0) is 56.8 Å². The second-order valence-electron chi connectivity index (χ2n) is 8.14. The Bertz CT molecular complexity index is 1190. The van der Waals surface area contributed by atoms with Crippen LogP contribution in [0.1, 0.15) is 19.4 Å². The van der Waals surface area contributed by atoms with Crippen LogP contribution < -0.4 is 20.3 Å². The minimum atomic E-state index is -1.22. The van der Waals surface area contributed by atoms with Crippen molar-refractivity contribution in [3.63, 3.8) is 0 Å². The van der Waals surface area contributed by atoms with Crippen molar-refractivity contribution in [3.8, 4) is 5.88 Å². The van der Waals surface area contributed by atoms with Crippen LogP contribution in [0.5, 0.6) is 5.88 Å². The number of anilines is 3. The van der Waals surface area contributed by atoms with Crippen LogP contribution in [0.4, 0.5) is 17.2 Å². The van der Waals surface area contributed by atoms with Crippen molar-refractivity contribution in [3.05, 3.63) is 77.3 Å². The maximum Gasteiger partial charge on any atom is 0.276 e. The zero-order chi connectivity index (χ0) is 23.6. The molecule has 3 aromatic rings. The number of aromatic nitrogens is 1. The highest BCUT2D eigenvalue weighted by atomic mass is 35.5. The van der Waals surface area contributed by atoms with Crippen LogP contribution in [0.2, 0.25) is 5.02 Å². The van der Waals surface area contributed by atoms with Crippen molar-refractivity contribution < 1.29 is 14.3 Å². The highest BCUT2D eigenvalue weighted by Gasteiger charge is 2.46. The Hall–Kier alpha value is -3.13.